The lowest BCUT2D eigenvalue weighted by atomic mass is 10.8. The minimum absolute atomic E-state index is 2.25. The van der Waals surface area contributed by atoms with E-state index in [-0.39, 0.29) is 0 Å². The molecule has 0 nitrogen and oxygen atoms in total. The zero-order valence-electron chi connectivity index (χ0n) is 4.58. The zero-order chi connectivity index (χ0) is 7.86. The highest BCUT2D eigenvalue weighted by Crippen LogP contribution is 2.04. The van der Waals surface area contributed by atoms with Gasteiger partial charge in [-0.2, -0.15) is 0 Å². The van der Waals surface area contributed by atoms with Gasteiger partial charge in [0.1, 0.15) is 0 Å². The van der Waals surface area contributed by atoms with Crippen LogP contribution in [0.5, 0.6) is 0 Å². The van der Waals surface area contributed by atoms with Gasteiger partial charge in [0.2, 0.25) is 0 Å². The molecule has 4 heteroatoms. The molecule has 0 saturated carbocycles. The van der Waals surface area contributed by atoms with Crippen molar-refractivity contribution in [2.24, 2.45) is 0 Å². The second-order valence-electron chi connectivity index (χ2n) is 0.919. The average Bonchev–Trinajstić information content (AvgIpc) is 1.68. The molecule has 0 aliphatic heterocycles. The van der Waals surface area contributed by atoms with Crippen molar-refractivity contribution in [1.82, 2.24) is 0 Å². The third-order valence-electron chi connectivity index (χ3n) is 0.190. The molecule has 0 N–H and O–H groups in total. The fourth-order valence-electron chi connectivity index (χ4n) is 0. The van der Waals surface area contributed by atoms with Crippen molar-refractivity contribution in [3.63, 3.8) is 0 Å². The number of hydrogen-bond acceptors (Lipinski definition) is 0. The molecule has 0 aliphatic rings. The number of rotatable bonds is 1. The summed E-state index contributed by atoms with van der Waals surface area (Å²) >= 11 is 0. The third-order valence-corrected chi connectivity index (χ3v) is 0.190. The predicted molar refractivity (Wildman–Crippen MR) is 26.8 cm³/mol. The van der Waals surface area contributed by atoms with Crippen molar-refractivity contribution in [1.29, 1.82) is 0 Å². The van der Waals surface area contributed by atoms with Crippen molar-refractivity contribution in [3.05, 3.63) is 18.9 Å². The van der Waals surface area contributed by atoms with Gasteiger partial charge < -0.3 is 0 Å². The Labute approximate surface area is 50.5 Å². The molecule has 54 valence electrons. The van der Waals surface area contributed by atoms with E-state index in [9.17, 15) is 17.6 Å². The molecule has 0 radical (unpaired) electrons. The van der Waals surface area contributed by atoms with Crippen molar-refractivity contribution >= 4 is 0 Å². The van der Waals surface area contributed by atoms with E-state index in [1.165, 1.54) is 0 Å². The van der Waals surface area contributed by atoms with Crippen molar-refractivity contribution in [2.45, 2.75) is 12.9 Å². The van der Waals surface area contributed by atoms with Gasteiger partial charge in [-0.3, -0.25) is 0 Å². The molecule has 0 aromatic heterocycles. The second-order valence-corrected chi connectivity index (χ2v) is 0.919. The van der Waals surface area contributed by atoms with E-state index >= 15 is 0 Å². The molecule has 0 spiro atoms. The fourth-order valence-corrected chi connectivity index (χ4v) is 0. The van der Waals surface area contributed by atoms with Gasteiger partial charge in [-0.25, -0.2) is 17.6 Å². The largest absolute Gasteiger partial charge is 0.298 e. The Bertz CT molecular complexity index is 75.0. The van der Waals surface area contributed by atoms with Crippen LogP contribution < -0.4 is 0 Å². The molecule has 0 saturated heterocycles. The van der Waals surface area contributed by atoms with Gasteiger partial charge in [0.05, 0.1) is 0 Å². The Morgan fingerprint density at radius 1 is 0.889 bits per heavy atom. The van der Waals surface area contributed by atoms with Gasteiger partial charge in [0, 0.05) is 0 Å². The summed E-state index contributed by atoms with van der Waals surface area (Å²) in [7, 11) is 0. The van der Waals surface area contributed by atoms with Crippen LogP contribution in [0.4, 0.5) is 17.6 Å². The Morgan fingerprint density at radius 3 is 1.00 bits per heavy atom. The lowest BCUT2D eigenvalue weighted by molar-refractivity contribution is -0.0278. The summed E-state index contributed by atoms with van der Waals surface area (Å²) in [6.45, 7) is 6.25. The summed E-state index contributed by atoms with van der Waals surface area (Å²) in [5.41, 5.74) is 2.25. The molecule has 0 fully saturated rings. The average molecular weight is 142 g/mol. The molecular weight excluding hydrogens is 136 g/mol. The molecule has 9 heavy (non-hydrogen) atoms. The highest BCUT2D eigenvalue weighted by Gasteiger charge is 2.15. The summed E-state index contributed by atoms with van der Waals surface area (Å²) in [4.78, 5) is 0. The van der Waals surface area contributed by atoms with E-state index in [4.69, 9.17) is 0 Å². The number of alkyl halides is 4. The Balaban J connectivity index is 0. The molecule has 0 unspecified atom stereocenters. The van der Waals surface area contributed by atoms with E-state index < -0.39 is 12.9 Å². The van der Waals surface area contributed by atoms with E-state index in [0.717, 1.165) is 0 Å². The molecule has 0 aromatic rings. The quantitative estimate of drug-likeness (QED) is 0.389. The van der Waals surface area contributed by atoms with Gasteiger partial charge in [-0.15, -0.1) is 5.73 Å². The van der Waals surface area contributed by atoms with Gasteiger partial charge >= 0.3 is 0 Å². The lowest BCUT2D eigenvalue weighted by Gasteiger charge is -1.89. The number of halogens is 4. The molecule has 0 amide bonds. The first kappa shape index (κ1) is 11.1. The molecule has 0 rings (SSSR count). The van der Waals surface area contributed by atoms with Crippen LogP contribution in [-0.4, -0.2) is 12.9 Å². The maximum Gasteiger partial charge on any atom is 0.298 e. The smallest absolute Gasteiger partial charge is 0.204 e. The molecule has 0 heterocycles. The molecular formula is C5H6F4. The van der Waals surface area contributed by atoms with Crippen LogP contribution in [0.25, 0.3) is 0 Å². The minimum Gasteiger partial charge on any atom is -0.204 e. The molecule has 0 bridgehead atoms. The first-order valence-corrected chi connectivity index (χ1v) is 1.91. The highest BCUT2D eigenvalue weighted by molar-refractivity contribution is 4.51. The minimum atomic E-state index is -3.48. The van der Waals surface area contributed by atoms with E-state index in [1.54, 1.807) is 0 Å². The summed E-state index contributed by atoms with van der Waals surface area (Å²) in [6.07, 6.45) is -6.96. The van der Waals surface area contributed by atoms with Crippen LogP contribution in [0.3, 0.4) is 0 Å². The fraction of sp³-hybridized carbons (Fsp3) is 0.400. The first-order chi connectivity index (χ1) is 4.06. The van der Waals surface area contributed by atoms with Crippen LogP contribution in [0.15, 0.2) is 18.9 Å². The number of hydrogen-bond donors (Lipinski definition) is 0. The standard InChI is InChI=1S/C3H4.C2H2F4/c1-3-2;3-1(4)2(5)6/h1-2H2;1-2H. The zero-order valence-corrected chi connectivity index (χ0v) is 4.58. The maximum atomic E-state index is 10.4. The first-order valence-electron chi connectivity index (χ1n) is 1.91. The third kappa shape index (κ3) is 18.9. The van der Waals surface area contributed by atoms with Crippen LogP contribution >= 0.6 is 0 Å². The van der Waals surface area contributed by atoms with Crippen molar-refractivity contribution < 1.29 is 17.6 Å². The molecule has 0 aromatic carbocycles. The van der Waals surface area contributed by atoms with Crippen LogP contribution in [0, 0.1) is 0 Å². The van der Waals surface area contributed by atoms with Crippen LogP contribution in [0.2, 0.25) is 0 Å². The highest BCUT2D eigenvalue weighted by atomic mass is 19.3. The van der Waals surface area contributed by atoms with E-state index in [2.05, 4.69) is 18.9 Å². The van der Waals surface area contributed by atoms with Gasteiger partial charge in [-0.05, 0) is 0 Å². The Kier molecular flexibility index (Phi) is 8.92. The van der Waals surface area contributed by atoms with Crippen molar-refractivity contribution in [3.8, 4) is 0 Å². The van der Waals surface area contributed by atoms with Gasteiger partial charge in [-0.1, -0.05) is 13.2 Å². The van der Waals surface area contributed by atoms with Crippen LogP contribution in [0.1, 0.15) is 0 Å². The maximum absolute atomic E-state index is 10.4. The van der Waals surface area contributed by atoms with Gasteiger partial charge in [0.15, 0.2) is 0 Å². The molecule has 0 aliphatic carbocycles. The van der Waals surface area contributed by atoms with E-state index in [0.29, 0.717) is 0 Å². The Morgan fingerprint density at radius 2 is 1.00 bits per heavy atom. The van der Waals surface area contributed by atoms with Crippen molar-refractivity contribution in [2.75, 3.05) is 0 Å². The van der Waals surface area contributed by atoms with E-state index in [1.807, 2.05) is 0 Å². The van der Waals surface area contributed by atoms with Crippen LogP contribution in [-0.2, 0) is 0 Å². The predicted octanol–water partition coefficient (Wildman–Crippen LogP) is 2.47. The normalized spacial score (nSPS) is 8.22. The summed E-state index contributed by atoms with van der Waals surface area (Å²) in [5, 5.41) is 0. The SMILES string of the molecule is C=C=C.FC(F)C(F)F. The summed E-state index contributed by atoms with van der Waals surface area (Å²) < 4.78 is 41.6. The second kappa shape index (κ2) is 7.24. The summed E-state index contributed by atoms with van der Waals surface area (Å²) in [5.74, 6) is 0. The summed E-state index contributed by atoms with van der Waals surface area (Å²) in [6, 6.07) is 0. The van der Waals surface area contributed by atoms with Gasteiger partial charge in [0.25, 0.3) is 12.9 Å². The molecule has 0 atom stereocenters. The Hall–Kier alpha value is -0.760. The topological polar surface area (TPSA) is 0 Å². The monoisotopic (exact) mass is 142 g/mol. The lowest BCUT2D eigenvalue weighted by Crippen LogP contribution is -2.02.